The standard InChI is InChI=1S/C10H18O3/c1-4-13-10(7-11)8-12-6-5-9(2)3/h4-5,10-11H,1,6-8H2,2-3H3. The molecule has 1 atom stereocenters. The summed E-state index contributed by atoms with van der Waals surface area (Å²) < 4.78 is 10.2. The molecule has 0 fully saturated rings. The molecule has 13 heavy (non-hydrogen) atoms. The predicted octanol–water partition coefficient (Wildman–Crippen LogP) is 1.49. The number of rotatable bonds is 7. The van der Waals surface area contributed by atoms with Gasteiger partial charge < -0.3 is 14.6 Å². The molecule has 0 aromatic heterocycles. The van der Waals surface area contributed by atoms with Gasteiger partial charge in [-0.15, -0.1) is 0 Å². The SMILES string of the molecule is C=COC(CO)COCC=C(C)C. The molecule has 3 heteroatoms. The molecular formula is C10H18O3. The fourth-order valence-electron chi connectivity index (χ4n) is 0.696. The predicted molar refractivity (Wildman–Crippen MR) is 52.4 cm³/mol. The maximum atomic E-state index is 8.80. The van der Waals surface area contributed by atoms with E-state index in [1.807, 2.05) is 19.9 Å². The van der Waals surface area contributed by atoms with Gasteiger partial charge in [0.25, 0.3) is 0 Å². The Morgan fingerprint density at radius 3 is 2.69 bits per heavy atom. The molecule has 0 saturated heterocycles. The highest BCUT2D eigenvalue weighted by atomic mass is 16.5. The van der Waals surface area contributed by atoms with Crippen LogP contribution in [0.25, 0.3) is 0 Å². The smallest absolute Gasteiger partial charge is 0.144 e. The van der Waals surface area contributed by atoms with E-state index in [-0.39, 0.29) is 12.7 Å². The molecular weight excluding hydrogens is 168 g/mol. The number of allylic oxidation sites excluding steroid dienone is 1. The Kier molecular flexibility index (Phi) is 7.35. The third-order valence-electron chi connectivity index (χ3n) is 1.41. The van der Waals surface area contributed by atoms with E-state index in [2.05, 4.69) is 6.58 Å². The van der Waals surface area contributed by atoms with E-state index in [4.69, 9.17) is 14.6 Å². The van der Waals surface area contributed by atoms with E-state index in [9.17, 15) is 0 Å². The van der Waals surface area contributed by atoms with Crippen LogP contribution in [-0.2, 0) is 9.47 Å². The van der Waals surface area contributed by atoms with Gasteiger partial charge in [-0.05, 0) is 13.8 Å². The average Bonchev–Trinajstić information content (AvgIpc) is 2.10. The summed E-state index contributed by atoms with van der Waals surface area (Å²) in [7, 11) is 0. The van der Waals surface area contributed by atoms with Crippen LogP contribution in [0.4, 0.5) is 0 Å². The van der Waals surface area contributed by atoms with E-state index in [1.54, 1.807) is 0 Å². The van der Waals surface area contributed by atoms with Gasteiger partial charge in [-0.3, -0.25) is 0 Å². The van der Waals surface area contributed by atoms with Gasteiger partial charge in [-0.1, -0.05) is 18.2 Å². The van der Waals surface area contributed by atoms with Crippen molar-refractivity contribution in [3.05, 3.63) is 24.5 Å². The summed E-state index contributed by atoms with van der Waals surface area (Å²) in [5, 5.41) is 8.80. The van der Waals surface area contributed by atoms with Gasteiger partial charge in [0.05, 0.1) is 26.1 Å². The first kappa shape index (κ1) is 12.2. The molecule has 0 rings (SSSR count). The minimum atomic E-state index is -0.303. The molecule has 0 aliphatic heterocycles. The van der Waals surface area contributed by atoms with E-state index in [0.29, 0.717) is 13.2 Å². The summed E-state index contributed by atoms with van der Waals surface area (Å²) in [5.74, 6) is 0. The Bertz CT molecular complexity index is 160. The zero-order valence-corrected chi connectivity index (χ0v) is 8.32. The molecule has 3 nitrogen and oxygen atoms in total. The van der Waals surface area contributed by atoms with Crippen LogP contribution in [-0.4, -0.2) is 31.0 Å². The fourth-order valence-corrected chi connectivity index (χ4v) is 0.696. The van der Waals surface area contributed by atoms with Gasteiger partial charge in [0.2, 0.25) is 0 Å². The minimum Gasteiger partial charge on any atom is -0.494 e. The lowest BCUT2D eigenvalue weighted by Crippen LogP contribution is -2.21. The maximum Gasteiger partial charge on any atom is 0.144 e. The molecule has 1 N–H and O–H groups in total. The molecule has 0 aliphatic carbocycles. The highest BCUT2D eigenvalue weighted by Gasteiger charge is 2.04. The Hall–Kier alpha value is -0.800. The number of hydrogen-bond donors (Lipinski definition) is 1. The van der Waals surface area contributed by atoms with Crippen molar-refractivity contribution in [2.75, 3.05) is 19.8 Å². The summed E-state index contributed by atoms with van der Waals surface area (Å²) >= 11 is 0. The monoisotopic (exact) mass is 186 g/mol. The van der Waals surface area contributed by atoms with Crippen molar-refractivity contribution in [2.45, 2.75) is 20.0 Å². The van der Waals surface area contributed by atoms with Crippen LogP contribution in [0, 0.1) is 0 Å². The number of hydrogen-bond acceptors (Lipinski definition) is 3. The first-order chi connectivity index (χ1) is 6.20. The van der Waals surface area contributed by atoms with Crippen LogP contribution < -0.4 is 0 Å². The molecule has 0 bridgehead atoms. The lowest BCUT2D eigenvalue weighted by Gasteiger charge is -2.12. The van der Waals surface area contributed by atoms with E-state index in [1.165, 1.54) is 11.8 Å². The third kappa shape index (κ3) is 7.56. The normalized spacial score (nSPS) is 11.9. The van der Waals surface area contributed by atoms with Crippen molar-refractivity contribution in [2.24, 2.45) is 0 Å². The van der Waals surface area contributed by atoms with Gasteiger partial charge in [-0.2, -0.15) is 0 Å². The van der Waals surface area contributed by atoms with Crippen molar-refractivity contribution < 1.29 is 14.6 Å². The Labute approximate surface area is 79.7 Å². The third-order valence-corrected chi connectivity index (χ3v) is 1.41. The highest BCUT2D eigenvalue weighted by Crippen LogP contribution is 1.94. The molecule has 0 aromatic carbocycles. The maximum absolute atomic E-state index is 8.80. The Morgan fingerprint density at radius 2 is 2.23 bits per heavy atom. The summed E-state index contributed by atoms with van der Waals surface area (Å²) in [4.78, 5) is 0. The molecule has 76 valence electrons. The van der Waals surface area contributed by atoms with Gasteiger partial charge in [0, 0.05) is 0 Å². The van der Waals surface area contributed by atoms with Gasteiger partial charge >= 0.3 is 0 Å². The van der Waals surface area contributed by atoms with Crippen molar-refractivity contribution in [3.8, 4) is 0 Å². The Morgan fingerprint density at radius 1 is 1.54 bits per heavy atom. The van der Waals surface area contributed by atoms with Crippen LogP contribution >= 0.6 is 0 Å². The molecule has 0 heterocycles. The average molecular weight is 186 g/mol. The quantitative estimate of drug-likeness (QED) is 0.372. The van der Waals surface area contributed by atoms with Crippen LogP contribution in [0.15, 0.2) is 24.5 Å². The largest absolute Gasteiger partial charge is 0.494 e. The fraction of sp³-hybridized carbons (Fsp3) is 0.600. The Balaban J connectivity index is 3.48. The second kappa shape index (κ2) is 7.83. The number of aliphatic hydroxyl groups excluding tert-OH is 1. The van der Waals surface area contributed by atoms with E-state index in [0.717, 1.165) is 0 Å². The second-order valence-corrected chi connectivity index (χ2v) is 2.93. The lowest BCUT2D eigenvalue weighted by atomic mass is 10.3. The van der Waals surface area contributed by atoms with Crippen molar-refractivity contribution in [1.29, 1.82) is 0 Å². The zero-order valence-electron chi connectivity index (χ0n) is 8.32. The van der Waals surface area contributed by atoms with Crippen LogP contribution in [0.5, 0.6) is 0 Å². The summed E-state index contributed by atoms with van der Waals surface area (Å²) in [6, 6.07) is 0. The molecule has 0 amide bonds. The lowest BCUT2D eigenvalue weighted by molar-refractivity contribution is 0.00559. The van der Waals surface area contributed by atoms with Gasteiger partial charge in [0.1, 0.15) is 6.10 Å². The van der Waals surface area contributed by atoms with Gasteiger partial charge in [-0.25, -0.2) is 0 Å². The van der Waals surface area contributed by atoms with E-state index >= 15 is 0 Å². The molecule has 0 spiro atoms. The molecule has 1 unspecified atom stereocenters. The molecule has 0 saturated carbocycles. The molecule has 0 aromatic rings. The summed E-state index contributed by atoms with van der Waals surface area (Å²) in [6.07, 6.45) is 2.98. The second-order valence-electron chi connectivity index (χ2n) is 2.93. The topological polar surface area (TPSA) is 38.7 Å². The first-order valence-electron chi connectivity index (χ1n) is 4.29. The summed E-state index contributed by atoms with van der Waals surface area (Å²) in [6.45, 7) is 8.30. The van der Waals surface area contributed by atoms with E-state index < -0.39 is 0 Å². The zero-order chi connectivity index (χ0) is 10.1. The van der Waals surface area contributed by atoms with Crippen molar-refractivity contribution in [3.63, 3.8) is 0 Å². The van der Waals surface area contributed by atoms with Gasteiger partial charge in [0.15, 0.2) is 0 Å². The first-order valence-corrected chi connectivity index (χ1v) is 4.29. The van der Waals surface area contributed by atoms with Crippen molar-refractivity contribution >= 4 is 0 Å². The minimum absolute atomic E-state index is 0.0547. The summed E-state index contributed by atoms with van der Waals surface area (Å²) in [5.41, 5.74) is 1.21. The van der Waals surface area contributed by atoms with Crippen LogP contribution in [0.3, 0.4) is 0 Å². The van der Waals surface area contributed by atoms with Crippen LogP contribution in [0.2, 0.25) is 0 Å². The van der Waals surface area contributed by atoms with Crippen molar-refractivity contribution in [1.82, 2.24) is 0 Å². The highest BCUT2D eigenvalue weighted by molar-refractivity contribution is 4.92. The molecule has 0 aliphatic rings. The molecule has 0 radical (unpaired) electrons. The number of ether oxygens (including phenoxy) is 2. The van der Waals surface area contributed by atoms with Crippen LogP contribution in [0.1, 0.15) is 13.8 Å². The number of aliphatic hydroxyl groups is 1.